The van der Waals surface area contributed by atoms with Crippen LogP contribution in [-0.2, 0) is 0 Å². The SMILES string of the molecule is CNc1nc2ccccc2nc1OCCCC1CCCCN1.Cl. The van der Waals surface area contributed by atoms with Gasteiger partial charge in [-0.1, -0.05) is 18.6 Å². The molecule has 0 saturated carbocycles. The van der Waals surface area contributed by atoms with Crippen molar-refractivity contribution in [2.45, 2.75) is 38.1 Å². The minimum absolute atomic E-state index is 0. The van der Waals surface area contributed by atoms with Gasteiger partial charge in [0.2, 0.25) is 0 Å². The van der Waals surface area contributed by atoms with Crippen molar-refractivity contribution in [2.24, 2.45) is 0 Å². The molecule has 5 nitrogen and oxygen atoms in total. The average Bonchev–Trinajstić information content (AvgIpc) is 2.59. The molecule has 1 aliphatic heterocycles. The van der Waals surface area contributed by atoms with Crippen LogP contribution in [0.5, 0.6) is 5.88 Å². The summed E-state index contributed by atoms with van der Waals surface area (Å²) in [7, 11) is 1.84. The third kappa shape index (κ3) is 4.69. The Labute approximate surface area is 143 Å². The molecule has 0 radical (unpaired) electrons. The zero-order valence-electron chi connectivity index (χ0n) is 13.5. The first kappa shape index (κ1) is 17.8. The van der Waals surface area contributed by atoms with Crippen LogP contribution in [0, 0.1) is 0 Å². The Kier molecular flexibility index (Phi) is 6.86. The molecule has 2 aromatic rings. The minimum Gasteiger partial charge on any atom is -0.475 e. The van der Waals surface area contributed by atoms with Gasteiger partial charge in [-0.15, -0.1) is 12.4 Å². The lowest BCUT2D eigenvalue weighted by atomic mass is 10.0. The molecule has 2 heterocycles. The standard InChI is InChI=1S/C17H24N4O.ClH/c1-18-16-17(21-15-10-3-2-9-14(15)20-16)22-12-6-8-13-7-4-5-11-19-13;/h2-3,9-10,13,19H,4-8,11-12H2,1H3,(H,18,20);1H. The smallest absolute Gasteiger partial charge is 0.258 e. The van der Waals surface area contributed by atoms with Crippen molar-refractivity contribution in [3.05, 3.63) is 24.3 Å². The second-order valence-electron chi connectivity index (χ2n) is 5.75. The Hall–Kier alpha value is -1.59. The fourth-order valence-corrected chi connectivity index (χ4v) is 2.92. The second-order valence-corrected chi connectivity index (χ2v) is 5.75. The Morgan fingerprint density at radius 3 is 2.70 bits per heavy atom. The molecule has 0 aliphatic carbocycles. The van der Waals surface area contributed by atoms with Gasteiger partial charge in [-0.3, -0.25) is 0 Å². The lowest BCUT2D eigenvalue weighted by Crippen LogP contribution is -2.34. The van der Waals surface area contributed by atoms with Gasteiger partial charge >= 0.3 is 0 Å². The van der Waals surface area contributed by atoms with Crippen LogP contribution in [0.25, 0.3) is 11.0 Å². The Balaban J connectivity index is 0.00000192. The minimum atomic E-state index is 0. The fraction of sp³-hybridized carbons (Fsp3) is 0.529. The molecule has 1 unspecified atom stereocenters. The number of nitrogens with zero attached hydrogens (tertiary/aromatic N) is 2. The van der Waals surface area contributed by atoms with Crippen molar-refractivity contribution < 1.29 is 4.74 Å². The second kappa shape index (κ2) is 8.89. The number of benzene rings is 1. The van der Waals surface area contributed by atoms with Gasteiger partial charge in [0.25, 0.3) is 5.88 Å². The number of para-hydroxylation sites is 2. The highest BCUT2D eigenvalue weighted by molar-refractivity contribution is 5.85. The first-order chi connectivity index (χ1) is 10.9. The first-order valence-corrected chi connectivity index (χ1v) is 8.17. The zero-order valence-corrected chi connectivity index (χ0v) is 14.4. The van der Waals surface area contributed by atoms with Crippen LogP contribution in [0.2, 0.25) is 0 Å². The molecule has 1 aromatic heterocycles. The van der Waals surface area contributed by atoms with Gasteiger partial charge in [0, 0.05) is 13.1 Å². The van der Waals surface area contributed by atoms with Crippen molar-refractivity contribution in [3.8, 4) is 5.88 Å². The van der Waals surface area contributed by atoms with E-state index in [-0.39, 0.29) is 12.4 Å². The summed E-state index contributed by atoms with van der Waals surface area (Å²) in [5, 5.41) is 6.64. The van der Waals surface area contributed by atoms with E-state index in [0.717, 1.165) is 30.4 Å². The zero-order chi connectivity index (χ0) is 15.2. The third-order valence-electron chi connectivity index (χ3n) is 4.12. The summed E-state index contributed by atoms with van der Waals surface area (Å²) < 4.78 is 5.86. The molecule has 0 bridgehead atoms. The van der Waals surface area contributed by atoms with E-state index < -0.39 is 0 Å². The van der Waals surface area contributed by atoms with E-state index in [1.54, 1.807) is 0 Å². The van der Waals surface area contributed by atoms with Crippen molar-refractivity contribution in [1.29, 1.82) is 0 Å². The molecule has 0 amide bonds. The lowest BCUT2D eigenvalue weighted by Gasteiger charge is -2.23. The molecular weight excluding hydrogens is 312 g/mol. The maximum Gasteiger partial charge on any atom is 0.258 e. The van der Waals surface area contributed by atoms with E-state index in [0.29, 0.717) is 24.3 Å². The summed E-state index contributed by atoms with van der Waals surface area (Å²) >= 11 is 0. The number of aromatic nitrogens is 2. The van der Waals surface area contributed by atoms with E-state index in [2.05, 4.69) is 20.6 Å². The van der Waals surface area contributed by atoms with Gasteiger partial charge in [-0.2, -0.15) is 0 Å². The van der Waals surface area contributed by atoms with Crippen LogP contribution >= 0.6 is 12.4 Å². The van der Waals surface area contributed by atoms with E-state index in [4.69, 9.17) is 4.74 Å². The molecule has 1 saturated heterocycles. The Morgan fingerprint density at radius 1 is 1.22 bits per heavy atom. The number of piperidine rings is 1. The molecule has 1 atom stereocenters. The normalized spacial score (nSPS) is 17.5. The monoisotopic (exact) mass is 336 g/mol. The number of hydrogen-bond acceptors (Lipinski definition) is 5. The molecule has 1 aromatic carbocycles. The topological polar surface area (TPSA) is 59.1 Å². The van der Waals surface area contributed by atoms with Crippen molar-refractivity contribution in [3.63, 3.8) is 0 Å². The molecule has 23 heavy (non-hydrogen) atoms. The summed E-state index contributed by atoms with van der Waals surface area (Å²) in [6, 6.07) is 8.51. The Morgan fingerprint density at radius 2 is 2.00 bits per heavy atom. The maximum atomic E-state index is 5.86. The summed E-state index contributed by atoms with van der Waals surface area (Å²) in [6.07, 6.45) is 6.15. The van der Waals surface area contributed by atoms with Gasteiger partial charge in [0.05, 0.1) is 17.6 Å². The maximum absolute atomic E-state index is 5.86. The van der Waals surface area contributed by atoms with Crippen molar-refractivity contribution in [1.82, 2.24) is 15.3 Å². The Bertz CT molecular complexity index is 617. The molecule has 1 fully saturated rings. The van der Waals surface area contributed by atoms with Crippen LogP contribution < -0.4 is 15.4 Å². The number of hydrogen-bond donors (Lipinski definition) is 2. The molecule has 126 valence electrons. The van der Waals surface area contributed by atoms with Gasteiger partial charge in [-0.25, -0.2) is 9.97 Å². The largest absolute Gasteiger partial charge is 0.475 e. The van der Waals surface area contributed by atoms with Gasteiger partial charge in [0.15, 0.2) is 5.82 Å². The summed E-state index contributed by atoms with van der Waals surface area (Å²) in [5.41, 5.74) is 1.75. The van der Waals surface area contributed by atoms with Crippen molar-refractivity contribution >= 4 is 29.3 Å². The molecule has 2 N–H and O–H groups in total. The summed E-state index contributed by atoms with van der Waals surface area (Å²) in [6.45, 7) is 1.84. The highest BCUT2D eigenvalue weighted by atomic mass is 35.5. The number of ether oxygens (including phenoxy) is 1. The number of fused-ring (bicyclic) bond motifs is 1. The quantitative estimate of drug-likeness (QED) is 0.792. The van der Waals surface area contributed by atoms with Gasteiger partial charge in [-0.05, 0) is 44.4 Å². The van der Waals surface area contributed by atoms with Crippen LogP contribution in [0.15, 0.2) is 24.3 Å². The highest BCUT2D eigenvalue weighted by Crippen LogP contribution is 2.23. The number of anilines is 1. The van der Waals surface area contributed by atoms with Gasteiger partial charge in [0.1, 0.15) is 0 Å². The summed E-state index contributed by atoms with van der Waals surface area (Å²) in [4.78, 5) is 9.12. The predicted octanol–water partition coefficient (Wildman–Crippen LogP) is 3.39. The lowest BCUT2D eigenvalue weighted by molar-refractivity contribution is 0.278. The average molecular weight is 337 g/mol. The van der Waals surface area contributed by atoms with Crippen LogP contribution in [0.3, 0.4) is 0 Å². The van der Waals surface area contributed by atoms with Crippen LogP contribution in [0.4, 0.5) is 5.82 Å². The highest BCUT2D eigenvalue weighted by Gasteiger charge is 2.13. The molecule has 0 spiro atoms. The van der Waals surface area contributed by atoms with E-state index >= 15 is 0 Å². The summed E-state index contributed by atoms with van der Waals surface area (Å²) in [5.74, 6) is 1.30. The van der Waals surface area contributed by atoms with E-state index in [1.807, 2.05) is 31.3 Å². The molecular formula is C17H25ClN4O. The third-order valence-corrected chi connectivity index (χ3v) is 4.12. The number of nitrogens with one attached hydrogen (secondary N) is 2. The van der Waals surface area contributed by atoms with Crippen LogP contribution in [-0.4, -0.2) is 36.2 Å². The molecule has 3 rings (SSSR count). The van der Waals surface area contributed by atoms with E-state index in [9.17, 15) is 0 Å². The van der Waals surface area contributed by atoms with E-state index in [1.165, 1.54) is 19.3 Å². The number of rotatable bonds is 6. The number of halogens is 1. The van der Waals surface area contributed by atoms with Crippen molar-refractivity contribution in [2.75, 3.05) is 25.5 Å². The van der Waals surface area contributed by atoms with Gasteiger partial charge < -0.3 is 15.4 Å². The predicted molar refractivity (Wildman–Crippen MR) is 96.7 cm³/mol. The van der Waals surface area contributed by atoms with Crippen LogP contribution in [0.1, 0.15) is 32.1 Å². The molecule has 1 aliphatic rings. The first-order valence-electron chi connectivity index (χ1n) is 8.17. The molecule has 6 heteroatoms. The fourth-order valence-electron chi connectivity index (χ4n) is 2.92.